The molecule has 0 radical (unpaired) electrons. The van der Waals surface area contributed by atoms with Gasteiger partial charge in [0.05, 0.1) is 6.61 Å². The third kappa shape index (κ3) is 8.36. The highest BCUT2D eigenvalue weighted by molar-refractivity contribution is 6.35. The van der Waals surface area contributed by atoms with Crippen LogP contribution in [-0.2, 0) is 22.4 Å². The molecule has 13 heteroatoms. The van der Waals surface area contributed by atoms with Gasteiger partial charge in [0, 0.05) is 62.8 Å². The molecule has 0 aromatic heterocycles. The summed E-state index contributed by atoms with van der Waals surface area (Å²) in [5.41, 5.74) is 16.6. The predicted molar refractivity (Wildman–Crippen MR) is 183 cm³/mol. The van der Waals surface area contributed by atoms with Crippen LogP contribution < -0.4 is 15.6 Å². The van der Waals surface area contributed by atoms with Crippen LogP contribution in [0.15, 0.2) is 101 Å². The SMILES string of the molecule is [N-]=[N+]=Nc1ccccc1C[C@]1(C(=O)NNCCc2ccc(Cl)cc2)N=C(c2ccc(OCCCO)cc2)O[C@H]1c1ccc(Cl)cc1Cl. The molecule has 4 aromatic rings. The average molecular weight is 694 g/mol. The molecular weight excluding hydrogens is 663 g/mol. The molecule has 242 valence electrons. The van der Waals surface area contributed by atoms with E-state index in [-0.39, 0.29) is 18.9 Å². The maximum Gasteiger partial charge on any atom is 0.266 e. The summed E-state index contributed by atoms with van der Waals surface area (Å²) in [4.78, 5) is 22.4. The Labute approximate surface area is 286 Å². The summed E-state index contributed by atoms with van der Waals surface area (Å²) in [6.45, 7) is 0.809. The van der Waals surface area contributed by atoms with Crippen molar-refractivity contribution in [3.8, 4) is 5.75 Å². The van der Waals surface area contributed by atoms with Gasteiger partial charge in [-0.2, -0.15) is 0 Å². The van der Waals surface area contributed by atoms with Crippen LogP contribution in [0.4, 0.5) is 5.69 Å². The normalized spacial score (nSPS) is 16.9. The van der Waals surface area contributed by atoms with E-state index in [9.17, 15) is 10.3 Å². The number of aliphatic imine (C=N–C) groups is 1. The van der Waals surface area contributed by atoms with Crippen LogP contribution in [-0.4, -0.2) is 42.2 Å². The molecule has 0 saturated heterocycles. The first kappa shape index (κ1) is 34.1. The van der Waals surface area contributed by atoms with E-state index in [2.05, 4.69) is 20.9 Å². The van der Waals surface area contributed by atoms with E-state index in [1.807, 2.05) is 24.3 Å². The van der Waals surface area contributed by atoms with Gasteiger partial charge in [-0.3, -0.25) is 10.2 Å². The van der Waals surface area contributed by atoms with Crippen molar-refractivity contribution in [3.63, 3.8) is 0 Å². The Bertz CT molecular complexity index is 1780. The molecule has 0 spiro atoms. The lowest BCUT2D eigenvalue weighted by Crippen LogP contribution is -2.54. The Morgan fingerprint density at radius 3 is 2.49 bits per heavy atom. The monoisotopic (exact) mass is 692 g/mol. The zero-order valence-corrected chi connectivity index (χ0v) is 27.3. The van der Waals surface area contributed by atoms with E-state index in [1.54, 1.807) is 66.7 Å². The molecule has 0 aliphatic carbocycles. The van der Waals surface area contributed by atoms with Crippen molar-refractivity contribution in [2.24, 2.45) is 10.1 Å². The largest absolute Gasteiger partial charge is 0.494 e. The van der Waals surface area contributed by atoms with E-state index in [1.165, 1.54) is 0 Å². The van der Waals surface area contributed by atoms with Gasteiger partial charge in [-0.05, 0) is 71.6 Å². The van der Waals surface area contributed by atoms with Crippen LogP contribution in [0.3, 0.4) is 0 Å². The molecule has 47 heavy (non-hydrogen) atoms. The molecule has 1 amide bonds. The minimum Gasteiger partial charge on any atom is -0.494 e. The summed E-state index contributed by atoms with van der Waals surface area (Å²) in [6, 6.07) is 26.5. The second kappa shape index (κ2) is 16.0. The van der Waals surface area contributed by atoms with Gasteiger partial charge in [0.1, 0.15) is 5.75 Å². The molecule has 4 aromatic carbocycles. The van der Waals surface area contributed by atoms with E-state index in [0.29, 0.717) is 69.2 Å². The second-order valence-electron chi connectivity index (χ2n) is 10.7. The van der Waals surface area contributed by atoms with Crippen molar-refractivity contribution in [1.82, 2.24) is 10.9 Å². The number of carbonyl (C=O) groups excluding carboxylic acids is 1. The Hall–Kier alpha value is -4.28. The number of aliphatic hydroxyl groups is 1. The first-order valence-electron chi connectivity index (χ1n) is 14.8. The second-order valence-corrected chi connectivity index (χ2v) is 12.0. The number of benzene rings is 4. The molecule has 5 rings (SSSR count). The number of hydrogen-bond donors (Lipinski definition) is 3. The Morgan fingerprint density at radius 2 is 1.77 bits per heavy atom. The number of rotatable bonds is 14. The summed E-state index contributed by atoms with van der Waals surface area (Å²) in [5, 5.41) is 14.3. The maximum atomic E-state index is 14.4. The number of nitrogens with zero attached hydrogens (tertiary/aromatic N) is 4. The van der Waals surface area contributed by atoms with E-state index in [0.717, 1.165) is 5.56 Å². The first-order chi connectivity index (χ1) is 22.8. The van der Waals surface area contributed by atoms with Gasteiger partial charge in [0.15, 0.2) is 11.6 Å². The number of aliphatic hydroxyl groups excluding tert-OH is 1. The van der Waals surface area contributed by atoms with Gasteiger partial charge in [0.2, 0.25) is 5.90 Å². The molecule has 10 nitrogen and oxygen atoms in total. The quantitative estimate of drug-likeness (QED) is 0.0408. The fourth-order valence-corrected chi connectivity index (χ4v) is 5.81. The third-order valence-electron chi connectivity index (χ3n) is 7.53. The minimum absolute atomic E-state index is 0.00235. The average Bonchev–Trinajstić information content (AvgIpc) is 3.45. The topological polar surface area (TPSA) is 141 Å². The van der Waals surface area contributed by atoms with Crippen LogP contribution in [0.1, 0.15) is 34.8 Å². The van der Waals surface area contributed by atoms with Crippen molar-refractivity contribution in [3.05, 3.63) is 139 Å². The smallest absolute Gasteiger partial charge is 0.266 e. The zero-order chi connectivity index (χ0) is 33.2. The molecule has 0 saturated carbocycles. The first-order valence-corrected chi connectivity index (χ1v) is 15.9. The molecule has 3 N–H and O–H groups in total. The Balaban J connectivity index is 1.54. The van der Waals surface area contributed by atoms with Gasteiger partial charge >= 0.3 is 0 Å². The number of halogens is 3. The summed E-state index contributed by atoms with van der Waals surface area (Å²) >= 11 is 19.0. The third-order valence-corrected chi connectivity index (χ3v) is 8.35. The van der Waals surface area contributed by atoms with Crippen LogP contribution >= 0.6 is 34.8 Å². The molecule has 0 unspecified atom stereocenters. The summed E-state index contributed by atoms with van der Waals surface area (Å²) in [7, 11) is 0. The maximum absolute atomic E-state index is 14.4. The lowest BCUT2D eigenvalue weighted by Gasteiger charge is -2.31. The van der Waals surface area contributed by atoms with Gasteiger partial charge in [0.25, 0.3) is 5.91 Å². The number of amides is 1. The van der Waals surface area contributed by atoms with Crippen molar-refractivity contribution in [1.29, 1.82) is 0 Å². The summed E-state index contributed by atoms with van der Waals surface area (Å²) < 4.78 is 12.2. The number of nitrogens with one attached hydrogen (secondary N) is 2. The van der Waals surface area contributed by atoms with E-state index < -0.39 is 17.6 Å². The van der Waals surface area contributed by atoms with Gasteiger partial charge in [-0.1, -0.05) is 82.4 Å². The standard InChI is InChI=1S/C34H31Cl3N6O4/c35-25-10-6-22(7-11-25)16-17-39-42-33(45)34(21-24-4-1-2-5-30(24)41-43-38)31(28-15-12-26(36)20-29(28)37)47-32(40-34)23-8-13-27(14-9-23)46-19-3-18-44/h1-2,4-15,20,31,39,44H,3,16-19,21H2,(H,42,45)/t31-,34-/m0/s1. The number of azide groups is 1. The summed E-state index contributed by atoms with van der Waals surface area (Å²) in [6.07, 6.45) is 0.125. The highest BCUT2D eigenvalue weighted by Crippen LogP contribution is 2.46. The molecular formula is C34H31Cl3N6O4. The van der Waals surface area contributed by atoms with Gasteiger partial charge in [-0.25, -0.2) is 10.4 Å². The highest BCUT2D eigenvalue weighted by atomic mass is 35.5. The fraction of sp³-hybridized carbons (Fsp3) is 0.235. The molecule has 1 aliphatic rings. The number of hydrazine groups is 1. The number of ether oxygens (including phenoxy) is 2. The van der Waals surface area contributed by atoms with Gasteiger partial charge in [-0.15, -0.1) is 0 Å². The number of hydrogen-bond acceptors (Lipinski definition) is 7. The van der Waals surface area contributed by atoms with Crippen molar-refractivity contribution >= 4 is 52.3 Å². The fourth-order valence-electron chi connectivity index (χ4n) is 5.18. The molecule has 1 heterocycles. The minimum atomic E-state index is -1.61. The van der Waals surface area contributed by atoms with E-state index >= 15 is 0 Å². The molecule has 2 atom stereocenters. The molecule has 0 bridgehead atoms. The molecule has 1 aliphatic heterocycles. The molecule has 0 fully saturated rings. The van der Waals surface area contributed by atoms with Gasteiger partial charge < -0.3 is 14.6 Å². The Morgan fingerprint density at radius 1 is 1.02 bits per heavy atom. The Kier molecular flexibility index (Phi) is 11.6. The van der Waals surface area contributed by atoms with Crippen molar-refractivity contribution in [2.45, 2.75) is 30.9 Å². The van der Waals surface area contributed by atoms with Crippen LogP contribution in [0.5, 0.6) is 5.75 Å². The number of carbonyl (C=O) groups is 1. The van der Waals surface area contributed by atoms with E-state index in [4.69, 9.17) is 54.4 Å². The van der Waals surface area contributed by atoms with Crippen molar-refractivity contribution in [2.75, 3.05) is 19.8 Å². The van der Waals surface area contributed by atoms with Crippen molar-refractivity contribution < 1.29 is 19.4 Å². The van der Waals surface area contributed by atoms with Crippen LogP contribution in [0, 0.1) is 0 Å². The lowest BCUT2D eigenvalue weighted by molar-refractivity contribution is -0.130. The predicted octanol–water partition coefficient (Wildman–Crippen LogP) is 7.71. The van der Waals surface area contributed by atoms with Crippen LogP contribution in [0.2, 0.25) is 15.1 Å². The lowest BCUT2D eigenvalue weighted by atomic mass is 9.81. The summed E-state index contributed by atoms with van der Waals surface area (Å²) in [5.74, 6) is 0.329. The highest BCUT2D eigenvalue weighted by Gasteiger charge is 2.54. The zero-order valence-electron chi connectivity index (χ0n) is 25.1. The van der Waals surface area contributed by atoms with Crippen LogP contribution in [0.25, 0.3) is 10.4 Å².